The summed E-state index contributed by atoms with van der Waals surface area (Å²) in [5.41, 5.74) is 7.57. The lowest BCUT2D eigenvalue weighted by atomic mass is 9.90. The number of rotatable bonds is 5. The van der Waals surface area contributed by atoms with Gasteiger partial charge in [-0.2, -0.15) is 0 Å². The van der Waals surface area contributed by atoms with Crippen LogP contribution >= 0.6 is 22.7 Å². The quantitative estimate of drug-likeness (QED) is 0.182. The highest BCUT2D eigenvalue weighted by atomic mass is 32.1. The number of nitrogens with zero attached hydrogens (tertiary/aromatic N) is 3. The van der Waals surface area contributed by atoms with E-state index in [4.69, 9.17) is 15.0 Å². The highest BCUT2D eigenvalue weighted by Gasteiger charge is 2.19. The Labute approximate surface area is 296 Å². The molecule has 10 rings (SSSR count). The molecule has 0 atom stereocenters. The molecule has 3 nitrogen and oxygen atoms in total. The molecule has 0 radical (unpaired) electrons. The molecular formula is C45H27N3S2. The lowest BCUT2D eigenvalue weighted by Gasteiger charge is -2.15. The molecule has 0 spiro atoms. The van der Waals surface area contributed by atoms with Crippen molar-refractivity contribution in [2.75, 3.05) is 0 Å². The van der Waals surface area contributed by atoms with E-state index in [1.165, 1.54) is 57.0 Å². The van der Waals surface area contributed by atoms with Crippen LogP contribution in [0.5, 0.6) is 0 Å². The molecule has 0 aliphatic rings. The number of hydrogen-bond donors (Lipinski definition) is 0. The van der Waals surface area contributed by atoms with Gasteiger partial charge in [-0.15, -0.1) is 22.7 Å². The highest BCUT2D eigenvalue weighted by molar-refractivity contribution is 7.26. The lowest BCUT2D eigenvalue weighted by molar-refractivity contribution is 1.07. The maximum absolute atomic E-state index is 5.09. The summed E-state index contributed by atoms with van der Waals surface area (Å²) in [5, 5.41) is 5.16. The summed E-state index contributed by atoms with van der Waals surface area (Å²) in [6, 6.07) is 58.0. The molecule has 0 N–H and O–H groups in total. The Kier molecular flexibility index (Phi) is 6.86. The average Bonchev–Trinajstić information content (AvgIpc) is 3.76. The van der Waals surface area contributed by atoms with E-state index in [0.29, 0.717) is 17.5 Å². The summed E-state index contributed by atoms with van der Waals surface area (Å²) in [6.07, 6.45) is 0. The number of aromatic nitrogens is 3. The predicted molar refractivity (Wildman–Crippen MR) is 213 cm³/mol. The lowest BCUT2D eigenvalue weighted by Crippen LogP contribution is -2.00. The van der Waals surface area contributed by atoms with Crippen LogP contribution in [0, 0.1) is 0 Å². The van der Waals surface area contributed by atoms with Crippen LogP contribution in [0.25, 0.3) is 96.8 Å². The Morgan fingerprint density at radius 2 is 0.840 bits per heavy atom. The van der Waals surface area contributed by atoms with Crippen LogP contribution in [0.2, 0.25) is 0 Å². The fourth-order valence-corrected chi connectivity index (χ4v) is 9.27. The van der Waals surface area contributed by atoms with Crippen molar-refractivity contribution in [1.29, 1.82) is 0 Å². The Hall–Kier alpha value is -6.01. The van der Waals surface area contributed by atoms with E-state index >= 15 is 0 Å². The zero-order valence-electron chi connectivity index (χ0n) is 26.7. The molecule has 5 heteroatoms. The van der Waals surface area contributed by atoms with E-state index in [9.17, 15) is 0 Å². The van der Waals surface area contributed by atoms with E-state index < -0.39 is 0 Å². The number of fused-ring (bicyclic) bond motifs is 6. The summed E-state index contributed by atoms with van der Waals surface area (Å²) in [5.74, 6) is 1.95. The van der Waals surface area contributed by atoms with Crippen molar-refractivity contribution < 1.29 is 0 Å². The minimum atomic E-state index is 0.646. The molecule has 0 aliphatic carbocycles. The van der Waals surface area contributed by atoms with Crippen LogP contribution in [0.1, 0.15) is 0 Å². The molecule has 50 heavy (non-hydrogen) atoms. The summed E-state index contributed by atoms with van der Waals surface area (Å²) in [7, 11) is 0. The maximum Gasteiger partial charge on any atom is 0.164 e. The van der Waals surface area contributed by atoms with Gasteiger partial charge >= 0.3 is 0 Å². The van der Waals surface area contributed by atoms with Crippen molar-refractivity contribution in [1.82, 2.24) is 15.0 Å². The monoisotopic (exact) mass is 673 g/mol. The van der Waals surface area contributed by atoms with E-state index in [1.54, 1.807) is 0 Å². The molecule has 0 unspecified atom stereocenters. The third-order valence-electron chi connectivity index (χ3n) is 9.36. The smallest absolute Gasteiger partial charge is 0.164 e. The molecule has 10 aromatic rings. The zero-order valence-corrected chi connectivity index (χ0v) is 28.4. The molecule has 3 aromatic heterocycles. The van der Waals surface area contributed by atoms with E-state index in [1.807, 2.05) is 59.1 Å². The molecule has 0 bridgehead atoms. The second kappa shape index (κ2) is 11.8. The standard InChI is InChI=1S/C45H27N3S2/c1-3-12-28(13-4-1)43-46-44(29-14-5-2-6-15-29)48-45(47-43)31-23-24-32(30-22-25-34-33-16-7-9-19-38(33)50-41(34)27-30)37(26-31)35-18-11-21-40-42(35)36-17-8-10-20-39(36)49-40/h1-27H. The predicted octanol–water partition coefficient (Wildman–Crippen LogP) is 12.9. The van der Waals surface area contributed by atoms with E-state index in [0.717, 1.165) is 22.3 Å². The largest absolute Gasteiger partial charge is 0.208 e. The van der Waals surface area contributed by atoms with Gasteiger partial charge in [-0.25, -0.2) is 15.0 Å². The van der Waals surface area contributed by atoms with Gasteiger partial charge in [0.2, 0.25) is 0 Å². The van der Waals surface area contributed by atoms with Gasteiger partial charge in [-0.3, -0.25) is 0 Å². The molecule has 234 valence electrons. The van der Waals surface area contributed by atoms with Crippen molar-refractivity contribution >= 4 is 63.0 Å². The summed E-state index contributed by atoms with van der Waals surface area (Å²) < 4.78 is 5.16. The highest BCUT2D eigenvalue weighted by Crippen LogP contribution is 2.45. The fraction of sp³-hybridized carbons (Fsp3) is 0. The number of thiophene rings is 2. The molecule has 3 heterocycles. The molecule has 0 amide bonds. The van der Waals surface area contributed by atoms with Gasteiger partial charge in [0.15, 0.2) is 17.5 Å². The fourth-order valence-electron chi connectivity index (χ4n) is 6.99. The van der Waals surface area contributed by atoms with E-state index in [-0.39, 0.29) is 0 Å². The van der Waals surface area contributed by atoms with Crippen molar-refractivity contribution in [3.05, 3.63) is 164 Å². The third-order valence-corrected chi connectivity index (χ3v) is 11.6. The van der Waals surface area contributed by atoms with Gasteiger partial charge in [0.1, 0.15) is 0 Å². The first kappa shape index (κ1) is 29.0. The van der Waals surface area contributed by atoms with Crippen molar-refractivity contribution in [3.8, 4) is 56.4 Å². The average molecular weight is 674 g/mol. The topological polar surface area (TPSA) is 38.7 Å². The second-order valence-corrected chi connectivity index (χ2v) is 14.6. The number of hydrogen-bond acceptors (Lipinski definition) is 5. The van der Waals surface area contributed by atoms with Gasteiger partial charge in [0, 0.05) is 57.0 Å². The molecule has 7 aromatic carbocycles. The molecule has 0 saturated heterocycles. The Bertz CT molecular complexity index is 2810. The first-order valence-electron chi connectivity index (χ1n) is 16.6. The Morgan fingerprint density at radius 3 is 1.56 bits per heavy atom. The van der Waals surface area contributed by atoms with Gasteiger partial charge in [0.25, 0.3) is 0 Å². The molecule has 0 aliphatic heterocycles. The number of benzene rings is 7. The summed E-state index contributed by atoms with van der Waals surface area (Å²) in [6.45, 7) is 0. The van der Waals surface area contributed by atoms with Crippen molar-refractivity contribution in [3.63, 3.8) is 0 Å². The minimum absolute atomic E-state index is 0.646. The van der Waals surface area contributed by atoms with Crippen LogP contribution in [0.4, 0.5) is 0 Å². The first-order chi connectivity index (χ1) is 24.8. The maximum atomic E-state index is 5.09. The van der Waals surface area contributed by atoms with Crippen LogP contribution in [0.15, 0.2) is 164 Å². The molecule has 0 saturated carbocycles. The third kappa shape index (κ3) is 4.90. The SMILES string of the molecule is c1ccc(-c2nc(-c3ccccc3)nc(-c3ccc(-c4ccc5c(c4)sc4ccccc45)c(-c4cccc5sc6ccccc6c45)c3)n2)cc1. The van der Waals surface area contributed by atoms with Crippen LogP contribution in [0.3, 0.4) is 0 Å². The zero-order chi connectivity index (χ0) is 33.0. The van der Waals surface area contributed by atoms with Crippen molar-refractivity contribution in [2.45, 2.75) is 0 Å². The van der Waals surface area contributed by atoms with Crippen LogP contribution in [-0.2, 0) is 0 Å². The van der Waals surface area contributed by atoms with Crippen LogP contribution in [-0.4, -0.2) is 15.0 Å². The first-order valence-corrected chi connectivity index (χ1v) is 18.2. The second-order valence-electron chi connectivity index (χ2n) is 12.4. The minimum Gasteiger partial charge on any atom is -0.208 e. The summed E-state index contributed by atoms with van der Waals surface area (Å²) >= 11 is 3.70. The Balaban J connectivity index is 1.23. The van der Waals surface area contributed by atoms with Crippen LogP contribution < -0.4 is 0 Å². The molecule has 0 fully saturated rings. The van der Waals surface area contributed by atoms with E-state index in [2.05, 4.69) is 127 Å². The van der Waals surface area contributed by atoms with Gasteiger partial charge in [-0.05, 0) is 52.6 Å². The van der Waals surface area contributed by atoms with Gasteiger partial charge in [0.05, 0.1) is 0 Å². The Morgan fingerprint density at radius 1 is 0.300 bits per heavy atom. The van der Waals surface area contributed by atoms with Gasteiger partial charge < -0.3 is 0 Å². The summed E-state index contributed by atoms with van der Waals surface area (Å²) in [4.78, 5) is 15.1. The van der Waals surface area contributed by atoms with Gasteiger partial charge in [-0.1, -0.05) is 133 Å². The van der Waals surface area contributed by atoms with Crippen molar-refractivity contribution in [2.24, 2.45) is 0 Å². The molecular weight excluding hydrogens is 647 g/mol. The normalized spacial score (nSPS) is 11.6.